The maximum Gasteiger partial charge on any atom is 0.460 e. The Balaban J connectivity index is 3.33. The number of rotatable bonds is 8. The van der Waals surface area contributed by atoms with Gasteiger partial charge in [-0.15, -0.1) is 0 Å². The van der Waals surface area contributed by atoms with Gasteiger partial charge in [0.15, 0.2) is 0 Å². The lowest BCUT2D eigenvalue weighted by Gasteiger charge is -2.37. The van der Waals surface area contributed by atoms with Crippen LogP contribution in [0.15, 0.2) is 18.2 Å². The van der Waals surface area contributed by atoms with Crippen LogP contribution in [0.25, 0.3) is 0 Å². The standard InChI is InChI=1S/C18H20F11N/c1-9(2)6-10(3)12-7-11(4-5-13(12)30)8-14(19,20)15(21,22)16(23,24)17(25,26)18(27,28)29/h4-5,7,9-10H,6,8,30H2,1-3H3. The summed E-state index contributed by atoms with van der Waals surface area (Å²) in [5, 5.41) is 0. The Hall–Kier alpha value is -1.75. The summed E-state index contributed by atoms with van der Waals surface area (Å²) >= 11 is 0. The van der Waals surface area contributed by atoms with E-state index in [1.807, 2.05) is 13.8 Å². The molecule has 0 bridgehead atoms. The summed E-state index contributed by atoms with van der Waals surface area (Å²) in [4.78, 5) is 0. The quantitative estimate of drug-likeness (QED) is 0.327. The molecule has 1 aromatic carbocycles. The van der Waals surface area contributed by atoms with Crippen molar-refractivity contribution in [2.45, 2.75) is 69.4 Å². The van der Waals surface area contributed by atoms with E-state index < -0.39 is 41.9 Å². The maximum absolute atomic E-state index is 14.0. The summed E-state index contributed by atoms with van der Waals surface area (Å²) in [5.74, 6) is -28.0. The Morgan fingerprint density at radius 1 is 0.767 bits per heavy atom. The van der Waals surface area contributed by atoms with E-state index in [-0.39, 0.29) is 23.1 Å². The number of benzene rings is 1. The Labute approximate surface area is 165 Å². The fourth-order valence-corrected chi connectivity index (χ4v) is 2.97. The maximum atomic E-state index is 14.0. The van der Waals surface area contributed by atoms with Gasteiger partial charge in [0, 0.05) is 12.1 Å². The third-order valence-electron chi connectivity index (χ3n) is 4.54. The van der Waals surface area contributed by atoms with Crippen molar-refractivity contribution in [2.24, 2.45) is 5.92 Å². The molecule has 1 atom stereocenters. The minimum atomic E-state index is -7.40. The van der Waals surface area contributed by atoms with Gasteiger partial charge in [0.25, 0.3) is 0 Å². The molecule has 1 unspecified atom stereocenters. The second-order valence-electron chi connectivity index (χ2n) is 7.60. The largest absolute Gasteiger partial charge is 0.460 e. The highest BCUT2D eigenvalue weighted by Crippen LogP contribution is 2.57. The van der Waals surface area contributed by atoms with Crippen LogP contribution in [-0.2, 0) is 6.42 Å². The average Bonchev–Trinajstić information content (AvgIpc) is 2.54. The normalized spacial score (nSPS) is 15.6. The van der Waals surface area contributed by atoms with Crippen LogP contribution in [0.1, 0.15) is 44.2 Å². The van der Waals surface area contributed by atoms with Crippen molar-refractivity contribution >= 4 is 5.69 Å². The van der Waals surface area contributed by atoms with Gasteiger partial charge < -0.3 is 5.73 Å². The van der Waals surface area contributed by atoms with Crippen LogP contribution in [0, 0.1) is 5.92 Å². The molecule has 0 saturated heterocycles. The van der Waals surface area contributed by atoms with Gasteiger partial charge in [-0.25, -0.2) is 0 Å². The molecule has 2 N–H and O–H groups in total. The van der Waals surface area contributed by atoms with E-state index in [1.165, 1.54) is 0 Å². The summed E-state index contributed by atoms with van der Waals surface area (Å²) < 4.78 is 144. The van der Waals surface area contributed by atoms with E-state index in [0.717, 1.165) is 18.2 Å². The number of anilines is 1. The van der Waals surface area contributed by atoms with Crippen molar-refractivity contribution in [3.8, 4) is 0 Å². The zero-order valence-corrected chi connectivity index (χ0v) is 16.0. The molecular weight excluding hydrogens is 439 g/mol. The van der Waals surface area contributed by atoms with Crippen LogP contribution >= 0.6 is 0 Å². The molecule has 12 heteroatoms. The SMILES string of the molecule is CC(C)CC(C)c1cc(CC(F)(F)C(F)(F)C(F)(F)C(F)(F)C(F)(F)F)ccc1N. The second kappa shape index (κ2) is 8.07. The van der Waals surface area contributed by atoms with Crippen molar-refractivity contribution in [1.29, 1.82) is 0 Å². The van der Waals surface area contributed by atoms with E-state index >= 15 is 0 Å². The predicted molar refractivity (Wildman–Crippen MR) is 88.3 cm³/mol. The van der Waals surface area contributed by atoms with Crippen LogP contribution in [-0.4, -0.2) is 29.9 Å². The van der Waals surface area contributed by atoms with Gasteiger partial charge in [-0.2, -0.15) is 48.3 Å². The van der Waals surface area contributed by atoms with Crippen molar-refractivity contribution < 1.29 is 48.3 Å². The first-order valence-electron chi connectivity index (χ1n) is 8.65. The van der Waals surface area contributed by atoms with Crippen LogP contribution in [0.3, 0.4) is 0 Å². The summed E-state index contributed by atoms with van der Waals surface area (Å²) in [5.41, 5.74) is 5.36. The molecule has 0 heterocycles. The van der Waals surface area contributed by atoms with Crippen molar-refractivity contribution in [2.75, 3.05) is 5.73 Å². The minimum Gasteiger partial charge on any atom is -0.398 e. The first kappa shape index (κ1) is 26.3. The first-order chi connectivity index (χ1) is 13.2. The van der Waals surface area contributed by atoms with Crippen molar-refractivity contribution in [3.05, 3.63) is 29.3 Å². The number of nitrogens with two attached hydrogens (primary N) is 1. The molecule has 1 nitrogen and oxygen atoms in total. The number of hydrogen-bond donors (Lipinski definition) is 1. The third-order valence-corrected chi connectivity index (χ3v) is 4.54. The highest BCUT2D eigenvalue weighted by molar-refractivity contribution is 5.50. The summed E-state index contributed by atoms with van der Waals surface area (Å²) in [6.45, 7) is 5.29. The fraction of sp³-hybridized carbons (Fsp3) is 0.667. The van der Waals surface area contributed by atoms with Crippen LogP contribution in [0.4, 0.5) is 54.0 Å². The van der Waals surface area contributed by atoms with Gasteiger partial charge in [-0.05, 0) is 35.4 Å². The molecule has 0 radical (unpaired) electrons. The monoisotopic (exact) mass is 459 g/mol. The number of hydrogen-bond acceptors (Lipinski definition) is 1. The zero-order chi connectivity index (χ0) is 23.9. The molecule has 0 aliphatic heterocycles. The third kappa shape index (κ3) is 4.61. The predicted octanol–water partition coefficient (Wildman–Crippen LogP) is 7.06. The minimum absolute atomic E-state index is 0.0934. The first-order valence-corrected chi connectivity index (χ1v) is 8.65. The molecule has 1 aromatic rings. The second-order valence-corrected chi connectivity index (χ2v) is 7.60. The van der Waals surface area contributed by atoms with Gasteiger partial charge in [0.1, 0.15) is 0 Å². The summed E-state index contributed by atoms with van der Waals surface area (Å²) in [6, 6.07) is 2.75. The molecule has 0 amide bonds. The van der Waals surface area contributed by atoms with E-state index in [4.69, 9.17) is 5.73 Å². The smallest absolute Gasteiger partial charge is 0.398 e. The number of halogens is 11. The molecule has 30 heavy (non-hydrogen) atoms. The molecule has 0 aliphatic carbocycles. The van der Waals surface area contributed by atoms with E-state index in [2.05, 4.69) is 0 Å². The molecule has 1 rings (SSSR count). The lowest BCUT2D eigenvalue weighted by atomic mass is 9.88. The molecule has 174 valence electrons. The van der Waals surface area contributed by atoms with E-state index in [1.54, 1.807) is 6.92 Å². The number of nitrogen functional groups attached to an aromatic ring is 1. The Morgan fingerprint density at radius 2 is 1.27 bits per heavy atom. The number of alkyl halides is 11. The van der Waals surface area contributed by atoms with Gasteiger partial charge >= 0.3 is 29.9 Å². The summed E-state index contributed by atoms with van der Waals surface area (Å²) in [7, 11) is 0. The van der Waals surface area contributed by atoms with Crippen molar-refractivity contribution in [1.82, 2.24) is 0 Å². The molecule has 0 spiro atoms. The Morgan fingerprint density at radius 3 is 1.70 bits per heavy atom. The van der Waals surface area contributed by atoms with E-state index in [0.29, 0.717) is 6.42 Å². The summed E-state index contributed by atoms with van der Waals surface area (Å²) in [6.07, 6.45) is -8.88. The Kier molecular flexibility index (Phi) is 7.07. The molecule has 0 aromatic heterocycles. The lowest BCUT2D eigenvalue weighted by Crippen LogP contribution is -2.66. The molecular formula is C18H20F11N. The van der Waals surface area contributed by atoms with Crippen LogP contribution in [0.2, 0.25) is 0 Å². The average molecular weight is 459 g/mol. The van der Waals surface area contributed by atoms with Crippen LogP contribution in [0.5, 0.6) is 0 Å². The van der Waals surface area contributed by atoms with Gasteiger partial charge in [-0.3, -0.25) is 0 Å². The van der Waals surface area contributed by atoms with Crippen LogP contribution < -0.4 is 5.73 Å². The highest BCUT2D eigenvalue weighted by Gasteiger charge is 2.86. The lowest BCUT2D eigenvalue weighted by molar-refractivity contribution is -0.421. The highest BCUT2D eigenvalue weighted by atomic mass is 19.4. The topological polar surface area (TPSA) is 26.0 Å². The van der Waals surface area contributed by atoms with Crippen molar-refractivity contribution in [3.63, 3.8) is 0 Å². The van der Waals surface area contributed by atoms with E-state index in [9.17, 15) is 48.3 Å². The molecule has 0 saturated carbocycles. The van der Waals surface area contributed by atoms with Gasteiger partial charge in [0.2, 0.25) is 0 Å². The zero-order valence-electron chi connectivity index (χ0n) is 16.0. The Bertz CT molecular complexity index is 738. The van der Waals surface area contributed by atoms with Gasteiger partial charge in [0.05, 0.1) is 0 Å². The fourth-order valence-electron chi connectivity index (χ4n) is 2.97. The van der Waals surface area contributed by atoms with Gasteiger partial charge in [-0.1, -0.05) is 32.9 Å². The molecule has 0 fully saturated rings. The molecule has 0 aliphatic rings.